The zero-order valence-electron chi connectivity index (χ0n) is 12.7. The lowest BCUT2D eigenvalue weighted by Gasteiger charge is -2.19. The largest absolute Gasteiger partial charge is 0.265 e. The van der Waals surface area contributed by atoms with Crippen LogP contribution in [0.15, 0.2) is 0 Å². The van der Waals surface area contributed by atoms with Crippen LogP contribution in [-0.4, -0.2) is 16.8 Å². The maximum Gasteiger partial charge on any atom is 0.204 e. The molecule has 0 aromatic carbocycles. The topological polar surface area (TPSA) is 43.1 Å². The molecule has 0 aliphatic heterocycles. The zero-order valence-corrected chi connectivity index (χ0v) is 14.3. The fourth-order valence-electron chi connectivity index (χ4n) is 3.39. The molecule has 4 heteroatoms. The molecule has 0 amide bonds. The van der Waals surface area contributed by atoms with E-state index in [4.69, 9.17) is 0 Å². The predicted octanol–water partition coefficient (Wildman–Crippen LogP) is 5.59. The van der Waals surface area contributed by atoms with Crippen LogP contribution in [0.3, 0.4) is 0 Å². The molecule has 0 bridgehead atoms. The first-order valence-corrected chi connectivity index (χ1v) is 9.52. The van der Waals surface area contributed by atoms with Crippen LogP contribution in [0, 0.1) is 22.0 Å². The minimum absolute atomic E-state index is 0.171. The minimum atomic E-state index is -0.200. The van der Waals surface area contributed by atoms with Crippen LogP contribution in [0.4, 0.5) is 0 Å². The molecule has 2 aliphatic rings. The van der Waals surface area contributed by atoms with Crippen molar-refractivity contribution in [1.29, 1.82) is 0 Å². The Morgan fingerprint density at radius 1 is 0.850 bits per heavy atom. The molecule has 0 aromatic heterocycles. The number of hydrogen-bond donors (Lipinski definition) is 0. The second-order valence-electron chi connectivity index (χ2n) is 6.33. The lowest BCUT2D eigenvalue weighted by Crippen LogP contribution is -2.11. The quantitative estimate of drug-likeness (QED) is 0.369. The van der Waals surface area contributed by atoms with Gasteiger partial charge in [0, 0.05) is 16.7 Å². The number of halogens is 1. The summed E-state index contributed by atoms with van der Waals surface area (Å²) in [6, 6.07) is 0. The Kier molecular flexibility index (Phi) is 10.3. The van der Waals surface area contributed by atoms with Gasteiger partial charge in [-0.25, -0.2) is 0 Å². The molecule has 0 spiro atoms. The Hall–Kier alpha value is -0.120. The summed E-state index contributed by atoms with van der Waals surface area (Å²) in [5, 5.41) is 11.3. The number of nitro groups is 1. The number of hydrogen-bond acceptors (Lipinski definition) is 2. The molecule has 2 saturated carbocycles. The van der Waals surface area contributed by atoms with Gasteiger partial charge in [0.15, 0.2) is 0 Å². The summed E-state index contributed by atoms with van der Waals surface area (Å²) in [6.07, 6.45) is 16.0. The maximum absolute atomic E-state index is 10.0. The molecule has 0 aromatic rings. The molecule has 3 nitrogen and oxygen atoms in total. The lowest BCUT2D eigenvalue weighted by atomic mass is 9.87. The van der Waals surface area contributed by atoms with Crippen LogP contribution in [0.25, 0.3) is 0 Å². The highest BCUT2D eigenvalue weighted by atomic mass is 79.9. The van der Waals surface area contributed by atoms with E-state index in [-0.39, 0.29) is 11.5 Å². The number of rotatable bonds is 5. The van der Waals surface area contributed by atoms with Crippen molar-refractivity contribution >= 4 is 15.9 Å². The van der Waals surface area contributed by atoms with Gasteiger partial charge in [-0.2, -0.15) is 0 Å². The Balaban J connectivity index is 0.000000204. The summed E-state index contributed by atoms with van der Waals surface area (Å²) < 4.78 is 0. The molecule has 0 unspecified atom stereocenters. The molecular formula is C16H30BrNO2. The number of nitrogens with zero attached hydrogens (tertiary/aromatic N) is 1. The predicted molar refractivity (Wildman–Crippen MR) is 88.0 cm³/mol. The first kappa shape index (κ1) is 17.9. The third-order valence-corrected chi connectivity index (χ3v) is 5.14. The molecule has 2 aliphatic carbocycles. The van der Waals surface area contributed by atoms with Gasteiger partial charge in [0.1, 0.15) is 0 Å². The first-order chi connectivity index (χ1) is 9.72. The molecule has 0 atom stereocenters. The maximum atomic E-state index is 10.0. The van der Waals surface area contributed by atoms with Crippen LogP contribution in [-0.2, 0) is 0 Å². The Labute approximate surface area is 132 Å². The van der Waals surface area contributed by atoms with Crippen LogP contribution in [0.2, 0.25) is 0 Å². The molecule has 0 N–H and O–H groups in total. The van der Waals surface area contributed by atoms with Crippen molar-refractivity contribution in [3.63, 3.8) is 0 Å². The smallest absolute Gasteiger partial charge is 0.204 e. The highest BCUT2D eigenvalue weighted by molar-refractivity contribution is 9.09. The van der Waals surface area contributed by atoms with Gasteiger partial charge in [0.2, 0.25) is 6.54 Å². The van der Waals surface area contributed by atoms with Gasteiger partial charge in [-0.3, -0.25) is 10.1 Å². The first-order valence-electron chi connectivity index (χ1n) is 8.40. The zero-order chi connectivity index (χ0) is 14.6. The van der Waals surface area contributed by atoms with Crippen molar-refractivity contribution in [2.75, 3.05) is 11.9 Å². The number of alkyl halides is 1. The fraction of sp³-hybridized carbons (Fsp3) is 1.00. The Morgan fingerprint density at radius 2 is 1.30 bits per heavy atom. The van der Waals surface area contributed by atoms with Gasteiger partial charge >= 0.3 is 0 Å². The van der Waals surface area contributed by atoms with E-state index >= 15 is 0 Å². The summed E-state index contributed by atoms with van der Waals surface area (Å²) in [5.74, 6) is 1.70. The van der Waals surface area contributed by atoms with Crippen LogP contribution < -0.4 is 0 Å². The minimum Gasteiger partial charge on any atom is -0.265 e. The van der Waals surface area contributed by atoms with E-state index < -0.39 is 0 Å². The lowest BCUT2D eigenvalue weighted by molar-refractivity contribution is -0.481. The van der Waals surface area contributed by atoms with E-state index in [1.165, 1.54) is 76.0 Å². The van der Waals surface area contributed by atoms with Gasteiger partial charge in [0.25, 0.3) is 0 Å². The summed E-state index contributed by atoms with van der Waals surface area (Å²) in [7, 11) is 0. The van der Waals surface area contributed by atoms with Gasteiger partial charge in [-0.1, -0.05) is 80.1 Å². The summed E-state index contributed by atoms with van der Waals surface area (Å²) in [4.78, 5) is 9.85. The summed E-state index contributed by atoms with van der Waals surface area (Å²) in [6.45, 7) is 0.171. The summed E-state index contributed by atoms with van der Waals surface area (Å²) >= 11 is 3.48. The van der Waals surface area contributed by atoms with Crippen LogP contribution in [0.5, 0.6) is 0 Å². The van der Waals surface area contributed by atoms with Gasteiger partial charge < -0.3 is 0 Å². The van der Waals surface area contributed by atoms with E-state index in [1.807, 2.05) is 0 Å². The van der Waals surface area contributed by atoms with Crippen molar-refractivity contribution in [1.82, 2.24) is 0 Å². The van der Waals surface area contributed by atoms with Gasteiger partial charge in [-0.15, -0.1) is 0 Å². The average Bonchev–Trinajstić information content (AvgIpc) is 2.48. The molecule has 20 heavy (non-hydrogen) atoms. The van der Waals surface area contributed by atoms with E-state index in [9.17, 15) is 10.1 Å². The van der Waals surface area contributed by atoms with Gasteiger partial charge in [0.05, 0.1) is 0 Å². The van der Waals surface area contributed by atoms with Crippen LogP contribution in [0.1, 0.15) is 77.0 Å². The molecule has 118 valence electrons. The van der Waals surface area contributed by atoms with E-state index in [1.54, 1.807) is 0 Å². The summed E-state index contributed by atoms with van der Waals surface area (Å²) in [5.41, 5.74) is 0. The molecule has 2 rings (SSSR count). The standard InChI is InChI=1S/C8H15Br.C8H15NO2/c9-7-6-8-4-2-1-3-5-8;10-9(11)7-6-8-4-2-1-3-5-8/h8H,1-7H2;8H,1-7H2. The monoisotopic (exact) mass is 347 g/mol. The Bertz CT molecular complexity index is 246. The normalized spacial score (nSPS) is 21.1. The van der Waals surface area contributed by atoms with Gasteiger partial charge in [-0.05, 0) is 18.3 Å². The highest BCUT2D eigenvalue weighted by Crippen LogP contribution is 2.26. The van der Waals surface area contributed by atoms with Crippen molar-refractivity contribution in [3.8, 4) is 0 Å². The van der Waals surface area contributed by atoms with E-state index in [2.05, 4.69) is 15.9 Å². The van der Waals surface area contributed by atoms with Crippen molar-refractivity contribution in [3.05, 3.63) is 10.1 Å². The second-order valence-corrected chi connectivity index (χ2v) is 7.12. The fourth-order valence-corrected chi connectivity index (χ4v) is 4.04. The molecule has 0 saturated heterocycles. The third kappa shape index (κ3) is 8.93. The Morgan fingerprint density at radius 3 is 1.70 bits per heavy atom. The third-order valence-electron chi connectivity index (χ3n) is 4.69. The van der Waals surface area contributed by atoms with E-state index in [0.29, 0.717) is 5.92 Å². The van der Waals surface area contributed by atoms with Crippen molar-refractivity contribution < 1.29 is 4.92 Å². The molecule has 0 heterocycles. The average molecular weight is 348 g/mol. The van der Waals surface area contributed by atoms with E-state index in [0.717, 1.165) is 12.3 Å². The molecular weight excluding hydrogens is 318 g/mol. The molecule has 0 radical (unpaired) electrons. The van der Waals surface area contributed by atoms with Crippen molar-refractivity contribution in [2.45, 2.75) is 77.0 Å². The highest BCUT2D eigenvalue weighted by Gasteiger charge is 2.15. The SMILES string of the molecule is BrCCC1CCCCC1.O=[N+]([O-])CCC1CCCCC1. The second kappa shape index (κ2) is 11.5. The molecule has 2 fully saturated rings. The van der Waals surface area contributed by atoms with Crippen molar-refractivity contribution in [2.24, 2.45) is 11.8 Å². The van der Waals surface area contributed by atoms with Crippen LogP contribution >= 0.6 is 15.9 Å².